The largest absolute Gasteiger partial charge is 0.336 e. The van der Waals surface area contributed by atoms with Gasteiger partial charge in [-0.15, -0.1) is 0 Å². The van der Waals surface area contributed by atoms with Gasteiger partial charge in [0, 0.05) is 25.7 Å². The molecule has 0 spiro atoms. The molecular formula is C16H31N3O. The maximum absolute atomic E-state index is 12.1. The highest BCUT2D eigenvalue weighted by molar-refractivity contribution is 5.74. The molecule has 2 rings (SSSR count). The molecule has 2 saturated heterocycles. The monoisotopic (exact) mass is 281 g/mol. The molecule has 2 amide bonds. The molecule has 0 aromatic carbocycles. The summed E-state index contributed by atoms with van der Waals surface area (Å²) < 4.78 is 0. The topological polar surface area (TPSA) is 35.6 Å². The number of carbonyl (C=O) groups is 1. The van der Waals surface area contributed by atoms with Crippen LogP contribution < -0.4 is 5.32 Å². The van der Waals surface area contributed by atoms with Crippen molar-refractivity contribution >= 4 is 6.03 Å². The summed E-state index contributed by atoms with van der Waals surface area (Å²) in [5.41, 5.74) is 0. The number of likely N-dealkylation sites (tertiary alicyclic amines) is 2. The first-order valence-electron chi connectivity index (χ1n) is 8.43. The van der Waals surface area contributed by atoms with Crippen LogP contribution in [0.3, 0.4) is 0 Å². The minimum absolute atomic E-state index is 0.126. The molecule has 0 aromatic heterocycles. The van der Waals surface area contributed by atoms with E-state index in [1.807, 2.05) is 18.7 Å². The van der Waals surface area contributed by atoms with Gasteiger partial charge in [0.2, 0.25) is 0 Å². The Morgan fingerprint density at radius 3 is 2.45 bits per heavy atom. The summed E-state index contributed by atoms with van der Waals surface area (Å²) in [6, 6.07) is 0.356. The number of rotatable bonds is 3. The first-order valence-corrected chi connectivity index (χ1v) is 8.43. The van der Waals surface area contributed by atoms with Gasteiger partial charge >= 0.3 is 6.03 Å². The number of amides is 2. The van der Waals surface area contributed by atoms with E-state index < -0.39 is 0 Å². The van der Waals surface area contributed by atoms with E-state index in [2.05, 4.69) is 10.2 Å². The number of hydrogen-bond donors (Lipinski definition) is 1. The normalized spacial score (nSPS) is 25.6. The third kappa shape index (κ3) is 4.97. The van der Waals surface area contributed by atoms with Crippen LogP contribution in [0.2, 0.25) is 0 Å². The fourth-order valence-corrected chi connectivity index (χ4v) is 3.42. The standard InChI is InChI=1S/C16H31N3O/c1-14(2)17-16(20)19-11-7-8-15(13-19)12-18-9-5-3-4-6-10-18/h14-15H,3-13H2,1-2H3,(H,17,20). The van der Waals surface area contributed by atoms with E-state index in [0.29, 0.717) is 5.92 Å². The van der Waals surface area contributed by atoms with Gasteiger partial charge in [0.15, 0.2) is 0 Å². The molecule has 2 fully saturated rings. The number of carbonyl (C=O) groups excluding carboxylic acids is 1. The SMILES string of the molecule is CC(C)NC(=O)N1CCCC(CN2CCCCCC2)C1. The zero-order valence-corrected chi connectivity index (χ0v) is 13.2. The molecule has 20 heavy (non-hydrogen) atoms. The molecule has 1 atom stereocenters. The molecule has 1 N–H and O–H groups in total. The number of nitrogens with one attached hydrogen (secondary N) is 1. The lowest BCUT2D eigenvalue weighted by atomic mass is 9.97. The second kappa shape index (κ2) is 7.87. The lowest BCUT2D eigenvalue weighted by molar-refractivity contribution is 0.139. The Balaban J connectivity index is 1.78. The highest BCUT2D eigenvalue weighted by Gasteiger charge is 2.25. The summed E-state index contributed by atoms with van der Waals surface area (Å²) in [5.74, 6) is 0.666. The van der Waals surface area contributed by atoms with E-state index in [0.717, 1.165) is 19.5 Å². The molecule has 0 aliphatic carbocycles. The summed E-state index contributed by atoms with van der Waals surface area (Å²) in [5, 5.41) is 3.02. The number of urea groups is 1. The molecule has 0 bridgehead atoms. The van der Waals surface area contributed by atoms with Gasteiger partial charge < -0.3 is 15.1 Å². The van der Waals surface area contributed by atoms with Crippen molar-refractivity contribution in [2.75, 3.05) is 32.7 Å². The third-order valence-corrected chi connectivity index (χ3v) is 4.43. The number of hydrogen-bond acceptors (Lipinski definition) is 2. The predicted molar refractivity (Wildman–Crippen MR) is 82.9 cm³/mol. The molecule has 116 valence electrons. The molecule has 2 heterocycles. The fraction of sp³-hybridized carbons (Fsp3) is 0.938. The van der Waals surface area contributed by atoms with Crippen molar-refractivity contribution in [3.63, 3.8) is 0 Å². The average molecular weight is 281 g/mol. The Morgan fingerprint density at radius 2 is 1.80 bits per heavy atom. The van der Waals surface area contributed by atoms with Crippen molar-refractivity contribution < 1.29 is 4.79 Å². The van der Waals surface area contributed by atoms with Crippen LogP contribution in [0.5, 0.6) is 0 Å². The summed E-state index contributed by atoms with van der Waals surface area (Å²) >= 11 is 0. The molecule has 1 unspecified atom stereocenters. The van der Waals surface area contributed by atoms with Gasteiger partial charge in [0.05, 0.1) is 0 Å². The van der Waals surface area contributed by atoms with Crippen LogP contribution in [-0.2, 0) is 0 Å². The zero-order chi connectivity index (χ0) is 14.4. The van der Waals surface area contributed by atoms with Gasteiger partial charge in [-0.1, -0.05) is 12.8 Å². The lowest BCUT2D eigenvalue weighted by Crippen LogP contribution is -2.49. The van der Waals surface area contributed by atoms with Crippen LogP contribution in [0.1, 0.15) is 52.4 Å². The van der Waals surface area contributed by atoms with Gasteiger partial charge in [0.1, 0.15) is 0 Å². The van der Waals surface area contributed by atoms with Gasteiger partial charge in [0.25, 0.3) is 0 Å². The Kier molecular flexibility index (Phi) is 6.14. The van der Waals surface area contributed by atoms with Gasteiger partial charge in [-0.05, 0) is 58.5 Å². The second-order valence-corrected chi connectivity index (χ2v) is 6.77. The first kappa shape index (κ1) is 15.6. The summed E-state index contributed by atoms with van der Waals surface area (Å²) in [6.07, 6.45) is 7.93. The highest BCUT2D eigenvalue weighted by atomic mass is 16.2. The van der Waals surface area contributed by atoms with Crippen molar-refractivity contribution in [3.05, 3.63) is 0 Å². The van der Waals surface area contributed by atoms with Crippen LogP contribution in [0.15, 0.2) is 0 Å². The maximum atomic E-state index is 12.1. The first-order chi connectivity index (χ1) is 9.65. The Bertz CT molecular complexity index is 298. The average Bonchev–Trinajstić information content (AvgIpc) is 2.67. The molecule has 0 radical (unpaired) electrons. The van der Waals surface area contributed by atoms with Crippen molar-refractivity contribution in [1.82, 2.24) is 15.1 Å². The van der Waals surface area contributed by atoms with E-state index in [1.54, 1.807) is 0 Å². The van der Waals surface area contributed by atoms with Gasteiger partial charge in [-0.25, -0.2) is 4.79 Å². The van der Waals surface area contributed by atoms with E-state index in [9.17, 15) is 4.79 Å². The molecule has 2 aliphatic rings. The fourth-order valence-electron chi connectivity index (χ4n) is 3.42. The van der Waals surface area contributed by atoms with Gasteiger partial charge in [-0.3, -0.25) is 0 Å². The van der Waals surface area contributed by atoms with E-state index in [1.165, 1.54) is 51.7 Å². The van der Waals surface area contributed by atoms with Crippen molar-refractivity contribution in [2.24, 2.45) is 5.92 Å². The van der Waals surface area contributed by atoms with Crippen molar-refractivity contribution in [3.8, 4) is 0 Å². The number of piperidine rings is 1. The summed E-state index contributed by atoms with van der Waals surface area (Å²) in [4.78, 5) is 16.7. The maximum Gasteiger partial charge on any atom is 0.317 e. The van der Waals surface area contributed by atoms with Crippen LogP contribution >= 0.6 is 0 Å². The minimum Gasteiger partial charge on any atom is -0.336 e. The van der Waals surface area contributed by atoms with Gasteiger partial charge in [-0.2, -0.15) is 0 Å². The molecule has 4 nitrogen and oxygen atoms in total. The van der Waals surface area contributed by atoms with Crippen LogP contribution in [-0.4, -0.2) is 54.6 Å². The zero-order valence-electron chi connectivity index (χ0n) is 13.2. The van der Waals surface area contributed by atoms with E-state index in [-0.39, 0.29) is 12.1 Å². The minimum atomic E-state index is 0.126. The molecular weight excluding hydrogens is 250 g/mol. The van der Waals surface area contributed by atoms with Crippen molar-refractivity contribution in [1.29, 1.82) is 0 Å². The Labute approximate surface area is 123 Å². The quantitative estimate of drug-likeness (QED) is 0.863. The smallest absolute Gasteiger partial charge is 0.317 e. The Morgan fingerprint density at radius 1 is 1.10 bits per heavy atom. The summed E-state index contributed by atoms with van der Waals surface area (Å²) in [7, 11) is 0. The Hall–Kier alpha value is -0.770. The van der Waals surface area contributed by atoms with Crippen LogP contribution in [0.25, 0.3) is 0 Å². The highest BCUT2D eigenvalue weighted by Crippen LogP contribution is 2.19. The predicted octanol–water partition coefficient (Wildman–Crippen LogP) is 2.69. The lowest BCUT2D eigenvalue weighted by Gasteiger charge is -2.35. The third-order valence-electron chi connectivity index (χ3n) is 4.43. The summed E-state index contributed by atoms with van der Waals surface area (Å²) in [6.45, 7) is 9.62. The number of nitrogens with zero attached hydrogens (tertiary/aromatic N) is 2. The molecule has 0 aromatic rings. The van der Waals surface area contributed by atoms with Crippen molar-refractivity contribution in [2.45, 2.75) is 58.4 Å². The van der Waals surface area contributed by atoms with Crippen LogP contribution in [0.4, 0.5) is 4.79 Å². The molecule has 0 saturated carbocycles. The van der Waals surface area contributed by atoms with E-state index in [4.69, 9.17) is 0 Å². The second-order valence-electron chi connectivity index (χ2n) is 6.77. The van der Waals surface area contributed by atoms with Crippen LogP contribution in [0, 0.1) is 5.92 Å². The molecule has 2 aliphatic heterocycles. The molecule has 4 heteroatoms. The van der Waals surface area contributed by atoms with E-state index >= 15 is 0 Å².